The number of ether oxygens (including phenoxy) is 5. The SMILES string of the molecule is COc1cc(-c2oc3cc(OC4OCC(O)C(O)C4O)cc(O)c3c(=O)c2OC2OC(CO)C(O)C(O)C2O)ccc1O. The lowest BCUT2D eigenvalue weighted by Crippen LogP contribution is -2.60. The topological polar surface area (TPSA) is 258 Å². The van der Waals surface area contributed by atoms with Crippen LogP contribution in [-0.4, -0.2) is 122 Å². The van der Waals surface area contributed by atoms with Crippen molar-refractivity contribution in [1.82, 2.24) is 0 Å². The lowest BCUT2D eigenvalue weighted by atomic mass is 9.99. The maximum atomic E-state index is 13.8. The first-order chi connectivity index (χ1) is 20.4. The molecule has 3 aromatic rings. The Bertz CT molecular complexity index is 1520. The second kappa shape index (κ2) is 12.1. The van der Waals surface area contributed by atoms with E-state index >= 15 is 0 Å². The van der Waals surface area contributed by atoms with Crippen LogP contribution in [0.5, 0.6) is 28.7 Å². The van der Waals surface area contributed by atoms with Gasteiger partial charge in [0, 0.05) is 17.7 Å². The van der Waals surface area contributed by atoms with Gasteiger partial charge in [-0.25, -0.2) is 0 Å². The average molecular weight is 611 g/mol. The molecule has 2 aromatic carbocycles. The van der Waals surface area contributed by atoms with Crippen molar-refractivity contribution in [2.75, 3.05) is 20.3 Å². The number of methoxy groups -OCH3 is 1. The zero-order chi connectivity index (χ0) is 31.2. The molecule has 9 atom stereocenters. The summed E-state index contributed by atoms with van der Waals surface area (Å²) < 4.78 is 32.9. The fraction of sp³-hybridized carbons (Fsp3) is 0.444. The quantitative estimate of drug-likeness (QED) is 0.138. The average Bonchev–Trinajstić information content (AvgIpc) is 2.98. The fourth-order valence-corrected chi connectivity index (χ4v) is 4.74. The van der Waals surface area contributed by atoms with E-state index in [0.29, 0.717) is 0 Å². The van der Waals surface area contributed by atoms with Crippen LogP contribution in [0.2, 0.25) is 0 Å². The van der Waals surface area contributed by atoms with Gasteiger partial charge in [-0.2, -0.15) is 0 Å². The van der Waals surface area contributed by atoms with Gasteiger partial charge in [-0.3, -0.25) is 4.79 Å². The van der Waals surface area contributed by atoms with E-state index in [1.165, 1.54) is 31.4 Å². The van der Waals surface area contributed by atoms with Crippen molar-refractivity contribution < 1.29 is 74.1 Å². The molecule has 2 saturated heterocycles. The Morgan fingerprint density at radius 2 is 1.58 bits per heavy atom. The molecular weight excluding hydrogens is 580 g/mol. The summed E-state index contributed by atoms with van der Waals surface area (Å²) in [6.07, 6.45) is -14.6. The van der Waals surface area contributed by atoms with Gasteiger partial charge in [-0.15, -0.1) is 0 Å². The molecule has 5 rings (SSSR count). The summed E-state index contributed by atoms with van der Waals surface area (Å²) >= 11 is 0. The van der Waals surface area contributed by atoms with Gasteiger partial charge in [-0.05, 0) is 18.2 Å². The van der Waals surface area contributed by atoms with Crippen molar-refractivity contribution in [2.24, 2.45) is 0 Å². The summed E-state index contributed by atoms with van der Waals surface area (Å²) in [4.78, 5) is 13.8. The molecule has 0 aliphatic carbocycles. The lowest BCUT2D eigenvalue weighted by molar-refractivity contribution is -0.277. The van der Waals surface area contributed by atoms with Crippen molar-refractivity contribution in [3.8, 4) is 40.1 Å². The summed E-state index contributed by atoms with van der Waals surface area (Å²) in [5.41, 5.74) is -1.16. The zero-order valence-corrected chi connectivity index (χ0v) is 22.4. The second-order valence-corrected chi connectivity index (χ2v) is 9.97. The number of aliphatic hydroxyl groups is 7. The molecule has 2 aliphatic heterocycles. The number of rotatable bonds is 7. The molecule has 2 aliphatic rings. The monoisotopic (exact) mass is 610 g/mol. The molecule has 2 fully saturated rings. The van der Waals surface area contributed by atoms with E-state index in [-0.39, 0.29) is 40.8 Å². The first-order valence-corrected chi connectivity index (χ1v) is 13.0. The first kappa shape index (κ1) is 30.7. The van der Waals surface area contributed by atoms with Gasteiger partial charge < -0.3 is 74.1 Å². The molecule has 0 spiro atoms. The van der Waals surface area contributed by atoms with Crippen LogP contribution in [0, 0.1) is 0 Å². The molecule has 9 unspecified atom stereocenters. The van der Waals surface area contributed by atoms with Gasteiger partial charge in [-0.1, -0.05) is 0 Å². The van der Waals surface area contributed by atoms with Gasteiger partial charge >= 0.3 is 0 Å². The molecule has 16 heteroatoms. The van der Waals surface area contributed by atoms with Crippen LogP contribution in [0.25, 0.3) is 22.3 Å². The third-order valence-electron chi connectivity index (χ3n) is 7.14. The molecule has 1 aromatic heterocycles. The van der Waals surface area contributed by atoms with Crippen LogP contribution in [0.3, 0.4) is 0 Å². The smallest absolute Gasteiger partial charge is 0.239 e. The molecule has 0 amide bonds. The summed E-state index contributed by atoms with van der Waals surface area (Å²) in [6, 6.07) is 6.02. The molecule has 43 heavy (non-hydrogen) atoms. The Hall–Kier alpha value is -3.71. The number of aromatic hydroxyl groups is 2. The first-order valence-electron chi connectivity index (χ1n) is 13.0. The van der Waals surface area contributed by atoms with Crippen LogP contribution >= 0.6 is 0 Å². The third kappa shape index (κ3) is 5.67. The summed E-state index contributed by atoms with van der Waals surface area (Å²) in [7, 11) is 1.28. The van der Waals surface area contributed by atoms with Crippen LogP contribution in [0.4, 0.5) is 0 Å². The van der Waals surface area contributed by atoms with E-state index in [1.807, 2.05) is 0 Å². The van der Waals surface area contributed by atoms with Crippen molar-refractivity contribution >= 4 is 11.0 Å². The van der Waals surface area contributed by atoms with Crippen LogP contribution in [0.15, 0.2) is 39.5 Å². The van der Waals surface area contributed by atoms with Gasteiger partial charge in [0.2, 0.25) is 23.8 Å². The summed E-state index contributed by atoms with van der Waals surface area (Å²) in [5.74, 6) is -2.08. The maximum absolute atomic E-state index is 13.8. The normalized spacial score (nSPS) is 31.1. The van der Waals surface area contributed by atoms with Crippen LogP contribution < -0.4 is 19.6 Å². The minimum absolute atomic E-state index is 0.0249. The number of aliphatic hydroxyl groups excluding tert-OH is 7. The van der Waals surface area contributed by atoms with Crippen molar-refractivity contribution in [3.05, 3.63) is 40.6 Å². The Morgan fingerprint density at radius 3 is 2.28 bits per heavy atom. The Kier molecular flexibility index (Phi) is 8.66. The third-order valence-corrected chi connectivity index (χ3v) is 7.14. The standard InChI is InChI=1S/C27H30O16/c1-38-14-4-9(2-3-11(14)29)24-25(43-27-23(37)21(35)19(33)16(7-28)42-27)20(34)17-12(30)5-10(6-15(17)41-24)40-26-22(36)18(32)13(31)8-39-26/h2-6,13,16,18-19,21-23,26-33,35-37H,7-8H2,1H3. The van der Waals surface area contributed by atoms with E-state index in [4.69, 9.17) is 28.1 Å². The molecular formula is C27H30O16. The Balaban J connectivity index is 1.62. The number of phenols is 2. The predicted molar refractivity (Wildman–Crippen MR) is 141 cm³/mol. The molecule has 0 radical (unpaired) electrons. The largest absolute Gasteiger partial charge is 0.507 e. The molecule has 16 nitrogen and oxygen atoms in total. The van der Waals surface area contributed by atoms with E-state index in [1.54, 1.807) is 0 Å². The molecule has 234 valence electrons. The zero-order valence-electron chi connectivity index (χ0n) is 22.4. The lowest BCUT2D eigenvalue weighted by Gasteiger charge is -2.39. The Labute approximate surface area is 241 Å². The van der Waals surface area contributed by atoms with Crippen LogP contribution in [-0.2, 0) is 9.47 Å². The van der Waals surface area contributed by atoms with E-state index in [0.717, 1.165) is 6.07 Å². The number of phenolic OH excluding ortho intramolecular Hbond substituents is 2. The minimum atomic E-state index is -1.89. The van der Waals surface area contributed by atoms with Gasteiger partial charge in [0.15, 0.2) is 17.3 Å². The highest BCUT2D eigenvalue weighted by atomic mass is 16.7. The minimum Gasteiger partial charge on any atom is -0.507 e. The molecule has 0 saturated carbocycles. The highest BCUT2D eigenvalue weighted by Crippen LogP contribution is 2.40. The number of hydrogen-bond acceptors (Lipinski definition) is 16. The van der Waals surface area contributed by atoms with Gasteiger partial charge in [0.05, 0.1) is 20.3 Å². The van der Waals surface area contributed by atoms with Gasteiger partial charge in [0.25, 0.3) is 0 Å². The fourth-order valence-electron chi connectivity index (χ4n) is 4.74. The Morgan fingerprint density at radius 1 is 0.860 bits per heavy atom. The molecule has 9 N–H and O–H groups in total. The predicted octanol–water partition coefficient (Wildman–Crippen LogP) is -2.12. The summed E-state index contributed by atoms with van der Waals surface area (Å²) in [5, 5.41) is 90.7. The second-order valence-electron chi connectivity index (χ2n) is 9.97. The maximum Gasteiger partial charge on any atom is 0.239 e. The van der Waals surface area contributed by atoms with Crippen molar-refractivity contribution in [1.29, 1.82) is 0 Å². The molecule has 3 heterocycles. The van der Waals surface area contributed by atoms with E-state index in [9.17, 15) is 50.8 Å². The number of hydrogen-bond donors (Lipinski definition) is 9. The van der Waals surface area contributed by atoms with Crippen molar-refractivity contribution in [3.63, 3.8) is 0 Å². The number of benzene rings is 2. The van der Waals surface area contributed by atoms with Gasteiger partial charge in [0.1, 0.15) is 65.2 Å². The van der Waals surface area contributed by atoms with E-state index < -0.39 is 84.2 Å². The summed E-state index contributed by atoms with van der Waals surface area (Å²) in [6.45, 7) is -1.12. The van der Waals surface area contributed by atoms with Crippen LogP contribution in [0.1, 0.15) is 0 Å². The highest BCUT2D eigenvalue weighted by Gasteiger charge is 2.45. The molecule has 0 bridgehead atoms. The number of fused-ring (bicyclic) bond motifs is 1. The highest BCUT2D eigenvalue weighted by molar-refractivity contribution is 5.88. The van der Waals surface area contributed by atoms with Crippen molar-refractivity contribution in [2.45, 2.75) is 55.3 Å². The van der Waals surface area contributed by atoms with E-state index in [2.05, 4.69) is 0 Å².